The quantitative estimate of drug-likeness (QED) is 0.638. The number of carbonyl (C=O) groups excluding carboxylic acids is 2. The zero-order chi connectivity index (χ0) is 21.9. The van der Waals surface area contributed by atoms with Gasteiger partial charge in [0, 0.05) is 35.4 Å². The first-order valence-corrected chi connectivity index (χ1v) is 9.79. The van der Waals surface area contributed by atoms with Gasteiger partial charge in [0.25, 0.3) is 5.91 Å². The molecule has 4 nitrogen and oxygen atoms in total. The molecule has 2 aromatic rings. The summed E-state index contributed by atoms with van der Waals surface area (Å²) in [6.07, 6.45) is -0.222. The second kappa shape index (κ2) is 8.92. The van der Waals surface area contributed by atoms with Crippen LogP contribution in [0.3, 0.4) is 0 Å². The van der Waals surface area contributed by atoms with Crippen LogP contribution in [0.1, 0.15) is 39.9 Å². The van der Waals surface area contributed by atoms with E-state index in [-0.39, 0.29) is 16.5 Å². The van der Waals surface area contributed by atoms with Crippen molar-refractivity contribution in [3.8, 4) is 0 Å². The Morgan fingerprint density at radius 3 is 2.50 bits per heavy atom. The van der Waals surface area contributed by atoms with Crippen LogP contribution in [0.5, 0.6) is 0 Å². The van der Waals surface area contributed by atoms with Crippen LogP contribution in [0.2, 0.25) is 5.02 Å². The number of benzene rings is 2. The third-order valence-electron chi connectivity index (χ3n) is 4.95. The van der Waals surface area contributed by atoms with Crippen molar-refractivity contribution in [2.24, 2.45) is 0 Å². The van der Waals surface area contributed by atoms with Gasteiger partial charge in [-0.15, -0.1) is 0 Å². The monoisotopic (exact) mass is 436 g/mol. The number of hydrogen-bond acceptors (Lipinski definition) is 2. The van der Waals surface area contributed by atoms with Gasteiger partial charge in [-0.3, -0.25) is 9.59 Å². The fourth-order valence-corrected chi connectivity index (χ4v) is 3.46. The maximum absolute atomic E-state index is 12.9. The molecule has 1 fully saturated rings. The molecule has 0 unspecified atom stereocenters. The van der Waals surface area contributed by atoms with Crippen molar-refractivity contribution < 1.29 is 22.8 Å². The standard InChI is InChI=1S/C22H20ClF3N2O2/c1-14-17(21(30)28-11-2-3-12-28)5-4-6-19(14)27-20(29)10-7-15-13-16(22(24,25)26)8-9-18(15)23/h4-10,13H,2-3,11-12H2,1H3,(H,27,29)/b10-7+. The van der Waals surface area contributed by atoms with Crippen molar-refractivity contribution in [2.75, 3.05) is 18.4 Å². The molecule has 0 aromatic heterocycles. The largest absolute Gasteiger partial charge is 0.416 e. The summed E-state index contributed by atoms with van der Waals surface area (Å²) in [5, 5.41) is 2.77. The van der Waals surface area contributed by atoms with Gasteiger partial charge in [-0.05, 0) is 67.3 Å². The van der Waals surface area contributed by atoms with E-state index in [9.17, 15) is 22.8 Å². The molecule has 2 aromatic carbocycles. The Bertz CT molecular complexity index is 996. The van der Waals surface area contributed by atoms with Crippen LogP contribution in [0.15, 0.2) is 42.5 Å². The maximum atomic E-state index is 12.9. The van der Waals surface area contributed by atoms with Crippen LogP contribution in [-0.4, -0.2) is 29.8 Å². The third-order valence-corrected chi connectivity index (χ3v) is 5.30. The molecule has 8 heteroatoms. The SMILES string of the molecule is Cc1c(NC(=O)/C=C/c2cc(C(F)(F)F)ccc2Cl)cccc1C(=O)N1CCCC1. The molecule has 2 amide bonds. The van der Waals surface area contributed by atoms with Gasteiger partial charge in [-0.2, -0.15) is 13.2 Å². The number of rotatable bonds is 4. The number of likely N-dealkylation sites (tertiary alicyclic amines) is 1. The van der Waals surface area contributed by atoms with E-state index in [0.717, 1.165) is 50.2 Å². The first-order valence-electron chi connectivity index (χ1n) is 9.41. The van der Waals surface area contributed by atoms with Crippen LogP contribution in [0.4, 0.5) is 18.9 Å². The highest BCUT2D eigenvalue weighted by Gasteiger charge is 2.30. The lowest BCUT2D eigenvalue weighted by atomic mass is 10.1. The predicted octanol–water partition coefficient (Wildman–Crippen LogP) is 5.56. The van der Waals surface area contributed by atoms with Crippen molar-refractivity contribution >= 4 is 35.2 Å². The molecule has 0 radical (unpaired) electrons. The number of hydrogen-bond donors (Lipinski definition) is 1. The van der Waals surface area contributed by atoms with E-state index in [1.165, 1.54) is 6.08 Å². The lowest BCUT2D eigenvalue weighted by Gasteiger charge is -2.18. The number of alkyl halides is 3. The summed E-state index contributed by atoms with van der Waals surface area (Å²) < 4.78 is 38.6. The molecule has 158 valence electrons. The number of halogens is 4. The van der Waals surface area contributed by atoms with Crippen LogP contribution < -0.4 is 5.32 Å². The van der Waals surface area contributed by atoms with Crippen LogP contribution in [0, 0.1) is 6.92 Å². The van der Waals surface area contributed by atoms with Gasteiger partial charge < -0.3 is 10.2 Å². The molecule has 30 heavy (non-hydrogen) atoms. The average molecular weight is 437 g/mol. The third kappa shape index (κ3) is 5.02. The zero-order valence-corrected chi connectivity index (χ0v) is 17.0. The first kappa shape index (κ1) is 21.9. The molecule has 1 heterocycles. The summed E-state index contributed by atoms with van der Waals surface area (Å²) in [5.41, 5.74) is 0.838. The molecule has 1 aliphatic rings. The Kier molecular flexibility index (Phi) is 6.51. The molecule has 1 aliphatic heterocycles. The van der Waals surface area contributed by atoms with Crippen molar-refractivity contribution in [2.45, 2.75) is 25.9 Å². The first-order chi connectivity index (χ1) is 14.2. The fourth-order valence-electron chi connectivity index (χ4n) is 3.28. The fraction of sp³-hybridized carbons (Fsp3) is 0.273. The van der Waals surface area contributed by atoms with Gasteiger partial charge in [-0.25, -0.2) is 0 Å². The van der Waals surface area contributed by atoms with E-state index in [1.807, 2.05) is 0 Å². The van der Waals surface area contributed by atoms with Crippen molar-refractivity contribution in [3.05, 3.63) is 69.8 Å². The summed E-state index contributed by atoms with van der Waals surface area (Å²) in [4.78, 5) is 26.8. The Morgan fingerprint density at radius 1 is 1.13 bits per heavy atom. The Balaban J connectivity index is 1.75. The number of amides is 2. The zero-order valence-electron chi connectivity index (χ0n) is 16.2. The highest BCUT2D eigenvalue weighted by molar-refractivity contribution is 6.32. The molecule has 1 saturated heterocycles. The summed E-state index contributed by atoms with van der Waals surface area (Å²) in [6.45, 7) is 3.18. The number of carbonyl (C=O) groups is 2. The summed E-state index contributed by atoms with van der Waals surface area (Å²) in [6, 6.07) is 7.96. The highest BCUT2D eigenvalue weighted by atomic mass is 35.5. The highest BCUT2D eigenvalue weighted by Crippen LogP contribution is 2.32. The number of anilines is 1. The second-order valence-electron chi connectivity index (χ2n) is 7.03. The summed E-state index contributed by atoms with van der Waals surface area (Å²) in [7, 11) is 0. The molecule has 0 aliphatic carbocycles. The molecule has 1 N–H and O–H groups in total. The second-order valence-corrected chi connectivity index (χ2v) is 7.44. The van der Waals surface area contributed by atoms with E-state index in [1.54, 1.807) is 30.0 Å². The summed E-state index contributed by atoms with van der Waals surface area (Å²) >= 11 is 5.94. The lowest BCUT2D eigenvalue weighted by Crippen LogP contribution is -2.28. The van der Waals surface area contributed by atoms with Gasteiger partial charge in [0.2, 0.25) is 5.91 Å². The van der Waals surface area contributed by atoms with Crippen molar-refractivity contribution in [1.82, 2.24) is 4.90 Å². The van der Waals surface area contributed by atoms with Gasteiger partial charge in [0.15, 0.2) is 0 Å². The summed E-state index contributed by atoms with van der Waals surface area (Å²) in [5.74, 6) is -0.621. The van der Waals surface area contributed by atoms with Gasteiger partial charge in [-0.1, -0.05) is 17.7 Å². The van der Waals surface area contributed by atoms with Crippen LogP contribution in [0.25, 0.3) is 6.08 Å². The van der Waals surface area contributed by atoms with E-state index < -0.39 is 17.6 Å². The molecular weight excluding hydrogens is 417 g/mol. The molecule has 0 atom stereocenters. The van der Waals surface area contributed by atoms with Gasteiger partial charge >= 0.3 is 6.18 Å². The van der Waals surface area contributed by atoms with Crippen LogP contribution in [-0.2, 0) is 11.0 Å². The molecular formula is C22H20ClF3N2O2. The minimum absolute atomic E-state index is 0.0765. The van der Waals surface area contributed by atoms with Gasteiger partial charge in [0.1, 0.15) is 0 Å². The van der Waals surface area contributed by atoms with E-state index >= 15 is 0 Å². The normalized spacial score (nSPS) is 14.4. The van der Waals surface area contributed by atoms with Crippen LogP contribution >= 0.6 is 11.6 Å². The molecule has 0 spiro atoms. The van der Waals surface area contributed by atoms with E-state index in [4.69, 9.17) is 11.6 Å². The number of nitrogens with one attached hydrogen (secondary N) is 1. The maximum Gasteiger partial charge on any atom is 0.416 e. The Morgan fingerprint density at radius 2 is 1.83 bits per heavy atom. The Labute approximate surface area is 177 Å². The average Bonchev–Trinajstić information content (AvgIpc) is 3.22. The predicted molar refractivity (Wildman–Crippen MR) is 110 cm³/mol. The number of nitrogens with zero attached hydrogens (tertiary/aromatic N) is 1. The van der Waals surface area contributed by atoms with Gasteiger partial charge in [0.05, 0.1) is 5.56 Å². The van der Waals surface area contributed by atoms with Crippen molar-refractivity contribution in [3.63, 3.8) is 0 Å². The molecule has 3 rings (SSSR count). The molecule has 0 bridgehead atoms. The van der Waals surface area contributed by atoms with Crippen molar-refractivity contribution in [1.29, 1.82) is 0 Å². The van der Waals surface area contributed by atoms with E-state index in [0.29, 0.717) is 16.8 Å². The smallest absolute Gasteiger partial charge is 0.339 e. The molecule has 0 saturated carbocycles. The lowest BCUT2D eigenvalue weighted by molar-refractivity contribution is -0.137. The van der Waals surface area contributed by atoms with E-state index in [2.05, 4.69) is 5.32 Å². The topological polar surface area (TPSA) is 49.4 Å². The minimum Gasteiger partial charge on any atom is -0.339 e. The Hall–Kier alpha value is -2.80. The minimum atomic E-state index is -4.51.